The number of alkyl halides is 3. The molecule has 116 valence electrons. The first kappa shape index (κ1) is 15.8. The zero-order chi connectivity index (χ0) is 15.6. The van der Waals surface area contributed by atoms with E-state index in [1.165, 1.54) is 0 Å². The fourth-order valence-electron chi connectivity index (χ4n) is 2.35. The Hall–Kier alpha value is -1.56. The molecule has 2 rings (SSSR count). The van der Waals surface area contributed by atoms with E-state index in [9.17, 15) is 18.0 Å². The van der Waals surface area contributed by atoms with Crippen LogP contribution in [0.15, 0.2) is 30.3 Å². The van der Waals surface area contributed by atoms with Crippen molar-refractivity contribution in [3.05, 3.63) is 35.9 Å². The lowest BCUT2D eigenvalue weighted by atomic mass is 9.94. The van der Waals surface area contributed by atoms with Gasteiger partial charge in [0.2, 0.25) is 5.91 Å². The van der Waals surface area contributed by atoms with Gasteiger partial charge in [-0.2, -0.15) is 13.2 Å². The summed E-state index contributed by atoms with van der Waals surface area (Å²) in [6.45, 7) is 0.397. The van der Waals surface area contributed by atoms with E-state index >= 15 is 0 Å². The third kappa shape index (κ3) is 4.20. The molecule has 3 nitrogen and oxygen atoms in total. The SMILES string of the molecule is CC(C(=O)N(CC(F)(F)F)C1CC1)C(N)c1ccccc1. The average Bonchev–Trinajstić information content (AvgIpc) is 3.27. The first-order valence-corrected chi connectivity index (χ1v) is 6.97. The summed E-state index contributed by atoms with van der Waals surface area (Å²) in [6, 6.07) is 8.07. The predicted molar refractivity (Wildman–Crippen MR) is 73.3 cm³/mol. The van der Waals surface area contributed by atoms with E-state index in [1.54, 1.807) is 31.2 Å². The molecule has 1 aliphatic carbocycles. The Balaban J connectivity index is 2.09. The molecule has 0 saturated heterocycles. The van der Waals surface area contributed by atoms with Crippen LogP contribution in [0.2, 0.25) is 0 Å². The van der Waals surface area contributed by atoms with Crippen LogP contribution < -0.4 is 5.73 Å². The van der Waals surface area contributed by atoms with E-state index in [2.05, 4.69) is 0 Å². The number of amides is 1. The molecule has 0 radical (unpaired) electrons. The lowest BCUT2D eigenvalue weighted by Crippen LogP contribution is -2.45. The minimum atomic E-state index is -4.38. The molecular weight excluding hydrogens is 281 g/mol. The van der Waals surface area contributed by atoms with Crippen molar-refractivity contribution in [2.45, 2.75) is 38.0 Å². The molecule has 0 spiro atoms. The molecule has 1 saturated carbocycles. The Morgan fingerprint density at radius 3 is 2.38 bits per heavy atom. The number of carbonyl (C=O) groups is 1. The van der Waals surface area contributed by atoms with Crippen molar-refractivity contribution >= 4 is 5.91 Å². The van der Waals surface area contributed by atoms with Gasteiger partial charge in [-0.25, -0.2) is 0 Å². The maximum absolute atomic E-state index is 12.6. The second kappa shape index (κ2) is 6.05. The minimum Gasteiger partial charge on any atom is -0.330 e. The summed E-state index contributed by atoms with van der Waals surface area (Å²) >= 11 is 0. The number of carbonyl (C=O) groups excluding carboxylic acids is 1. The molecule has 1 amide bonds. The zero-order valence-corrected chi connectivity index (χ0v) is 11.8. The molecule has 1 aromatic carbocycles. The van der Waals surface area contributed by atoms with Crippen molar-refractivity contribution in [3.63, 3.8) is 0 Å². The summed E-state index contributed by atoms with van der Waals surface area (Å²) in [5, 5.41) is 0. The van der Waals surface area contributed by atoms with Crippen LogP contribution in [-0.4, -0.2) is 29.6 Å². The molecule has 2 atom stereocenters. The molecule has 1 fully saturated rings. The van der Waals surface area contributed by atoms with Crippen molar-refractivity contribution in [2.24, 2.45) is 11.7 Å². The van der Waals surface area contributed by atoms with Gasteiger partial charge in [0.05, 0.1) is 5.92 Å². The van der Waals surface area contributed by atoms with Crippen LogP contribution in [-0.2, 0) is 4.79 Å². The Bertz CT molecular complexity index is 485. The van der Waals surface area contributed by atoms with Crippen molar-refractivity contribution in [3.8, 4) is 0 Å². The highest BCUT2D eigenvalue weighted by atomic mass is 19.4. The van der Waals surface area contributed by atoms with Crippen LogP contribution >= 0.6 is 0 Å². The molecule has 6 heteroatoms. The largest absolute Gasteiger partial charge is 0.406 e. The molecule has 0 aliphatic heterocycles. The van der Waals surface area contributed by atoms with Crippen molar-refractivity contribution < 1.29 is 18.0 Å². The van der Waals surface area contributed by atoms with E-state index < -0.39 is 30.6 Å². The van der Waals surface area contributed by atoms with Gasteiger partial charge >= 0.3 is 6.18 Å². The number of halogens is 3. The van der Waals surface area contributed by atoms with Crippen molar-refractivity contribution in [1.29, 1.82) is 0 Å². The molecule has 2 unspecified atom stereocenters. The van der Waals surface area contributed by atoms with E-state index in [-0.39, 0.29) is 6.04 Å². The van der Waals surface area contributed by atoms with Gasteiger partial charge in [0.1, 0.15) is 6.54 Å². The highest BCUT2D eigenvalue weighted by Crippen LogP contribution is 2.33. The fourth-order valence-corrected chi connectivity index (χ4v) is 2.35. The van der Waals surface area contributed by atoms with E-state index in [1.807, 2.05) is 6.07 Å². The molecule has 1 aliphatic rings. The summed E-state index contributed by atoms with van der Waals surface area (Å²) in [7, 11) is 0. The summed E-state index contributed by atoms with van der Waals surface area (Å²) in [6.07, 6.45) is -3.11. The second-order valence-corrected chi connectivity index (χ2v) is 5.54. The van der Waals surface area contributed by atoms with Crippen molar-refractivity contribution in [2.75, 3.05) is 6.54 Å². The van der Waals surface area contributed by atoms with Gasteiger partial charge in [0, 0.05) is 12.1 Å². The third-order valence-electron chi connectivity index (χ3n) is 3.73. The van der Waals surface area contributed by atoms with Crippen molar-refractivity contribution in [1.82, 2.24) is 4.90 Å². The van der Waals surface area contributed by atoms with E-state index in [4.69, 9.17) is 5.73 Å². The van der Waals surface area contributed by atoms with Crippen LogP contribution in [0.1, 0.15) is 31.4 Å². The molecule has 1 aromatic rings. The van der Waals surface area contributed by atoms with Gasteiger partial charge in [-0.15, -0.1) is 0 Å². The third-order valence-corrected chi connectivity index (χ3v) is 3.73. The Labute approximate surface area is 121 Å². The molecule has 0 aromatic heterocycles. The topological polar surface area (TPSA) is 46.3 Å². The maximum Gasteiger partial charge on any atom is 0.406 e. The standard InChI is InChI=1S/C15H19F3N2O/c1-10(13(19)11-5-3-2-4-6-11)14(21)20(12-7-8-12)9-15(16,17)18/h2-6,10,12-13H,7-9,19H2,1H3. The molecule has 0 bridgehead atoms. The number of benzene rings is 1. The molecule has 2 N–H and O–H groups in total. The number of hydrogen-bond acceptors (Lipinski definition) is 2. The quantitative estimate of drug-likeness (QED) is 0.909. The number of hydrogen-bond donors (Lipinski definition) is 1. The monoisotopic (exact) mass is 300 g/mol. The Morgan fingerprint density at radius 1 is 1.33 bits per heavy atom. The second-order valence-electron chi connectivity index (χ2n) is 5.54. The zero-order valence-electron chi connectivity index (χ0n) is 11.8. The van der Waals surface area contributed by atoms with Crippen LogP contribution in [0, 0.1) is 5.92 Å². The molecule has 21 heavy (non-hydrogen) atoms. The normalized spacial score (nSPS) is 18.1. The minimum absolute atomic E-state index is 0.287. The van der Waals surface area contributed by atoms with Gasteiger partial charge in [0.25, 0.3) is 0 Å². The Morgan fingerprint density at radius 2 is 1.90 bits per heavy atom. The lowest BCUT2D eigenvalue weighted by molar-refractivity contribution is -0.165. The van der Waals surface area contributed by atoms with Crippen LogP contribution in [0.25, 0.3) is 0 Å². The fraction of sp³-hybridized carbons (Fsp3) is 0.533. The van der Waals surface area contributed by atoms with Crippen LogP contribution in [0.5, 0.6) is 0 Å². The lowest BCUT2D eigenvalue weighted by Gasteiger charge is -2.29. The molecule has 0 heterocycles. The Kier molecular flexibility index (Phi) is 4.56. The van der Waals surface area contributed by atoms with Crippen LogP contribution in [0.4, 0.5) is 13.2 Å². The first-order valence-electron chi connectivity index (χ1n) is 6.97. The summed E-state index contributed by atoms with van der Waals surface area (Å²) in [5.74, 6) is -1.21. The molecular formula is C15H19F3N2O. The smallest absolute Gasteiger partial charge is 0.330 e. The maximum atomic E-state index is 12.6. The number of rotatable bonds is 5. The van der Waals surface area contributed by atoms with Gasteiger partial charge in [-0.1, -0.05) is 37.3 Å². The predicted octanol–water partition coefficient (Wildman–Crippen LogP) is 2.88. The average molecular weight is 300 g/mol. The van der Waals surface area contributed by atoms with Gasteiger partial charge < -0.3 is 10.6 Å². The summed E-state index contributed by atoms with van der Waals surface area (Å²) < 4.78 is 37.8. The van der Waals surface area contributed by atoms with Gasteiger partial charge in [-0.3, -0.25) is 4.79 Å². The highest BCUT2D eigenvalue weighted by Gasteiger charge is 2.42. The summed E-state index contributed by atoms with van der Waals surface area (Å²) in [4.78, 5) is 13.3. The van der Waals surface area contributed by atoms with E-state index in [0.29, 0.717) is 12.8 Å². The summed E-state index contributed by atoms with van der Waals surface area (Å²) in [5.41, 5.74) is 6.78. The number of nitrogens with zero attached hydrogens (tertiary/aromatic N) is 1. The van der Waals surface area contributed by atoms with Crippen LogP contribution in [0.3, 0.4) is 0 Å². The van der Waals surface area contributed by atoms with E-state index in [0.717, 1.165) is 10.5 Å². The number of nitrogens with two attached hydrogens (primary N) is 1. The van der Waals surface area contributed by atoms with Gasteiger partial charge in [0.15, 0.2) is 0 Å². The van der Waals surface area contributed by atoms with Gasteiger partial charge in [-0.05, 0) is 18.4 Å². The highest BCUT2D eigenvalue weighted by molar-refractivity contribution is 5.80. The first-order chi connectivity index (χ1) is 9.79.